The van der Waals surface area contributed by atoms with Crippen LogP contribution >= 0.6 is 15.9 Å². The Morgan fingerprint density at radius 3 is 2.60 bits per heavy atom. The highest BCUT2D eigenvalue weighted by Crippen LogP contribution is 2.24. The van der Waals surface area contributed by atoms with Gasteiger partial charge in [-0.25, -0.2) is 4.39 Å². The summed E-state index contributed by atoms with van der Waals surface area (Å²) in [6.07, 6.45) is 0. The molecule has 1 aromatic carbocycles. The fraction of sp³-hybridized carbons (Fsp3) is 0. The number of hydrogen-bond acceptors (Lipinski definition) is 3. The van der Waals surface area contributed by atoms with Gasteiger partial charge in [-0.3, -0.25) is 0 Å². The van der Waals surface area contributed by atoms with Crippen LogP contribution in [-0.2, 0) is 0 Å². The van der Waals surface area contributed by atoms with Crippen LogP contribution in [0.3, 0.4) is 0 Å². The van der Waals surface area contributed by atoms with Gasteiger partial charge in [-0.1, -0.05) is 12.1 Å². The van der Waals surface area contributed by atoms with Crippen molar-refractivity contribution in [1.82, 2.24) is 10.2 Å². The molecule has 3 nitrogen and oxygen atoms in total. The van der Waals surface area contributed by atoms with Crippen LogP contribution in [0, 0.1) is 5.82 Å². The lowest BCUT2D eigenvalue weighted by atomic mass is 10.1. The zero-order valence-electron chi connectivity index (χ0n) is 7.61. The van der Waals surface area contributed by atoms with Crippen molar-refractivity contribution in [3.8, 4) is 11.3 Å². The molecule has 1 aromatic heterocycles. The minimum atomic E-state index is -0.330. The van der Waals surface area contributed by atoms with Gasteiger partial charge in [0, 0.05) is 5.56 Å². The highest BCUT2D eigenvalue weighted by molar-refractivity contribution is 9.10. The molecule has 0 saturated heterocycles. The van der Waals surface area contributed by atoms with E-state index < -0.39 is 0 Å². The van der Waals surface area contributed by atoms with Crippen molar-refractivity contribution >= 4 is 21.7 Å². The first kappa shape index (κ1) is 10.0. The van der Waals surface area contributed by atoms with E-state index in [0.29, 0.717) is 15.7 Å². The summed E-state index contributed by atoms with van der Waals surface area (Å²) in [5, 5.41) is 7.54. The molecule has 2 aromatic rings. The van der Waals surface area contributed by atoms with Gasteiger partial charge in [-0.2, -0.15) is 0 Å². The van der Waals surface area contributed by atoms with Crippen molar-refractivity contribution < 1.29 is 4.39 Å². The summed E-state index contributed by atoms with van der Waals surface area (Å²) in [5.74, 6) is -0.0430. The minimum Gasteiger partial charge on any atom is -0.381 e. The summed E-state index contributed by atoms with van der Waals surface area (Å²) < 4.78 is 14.0. The maximum absolute atomic E-state index is 13.4. The molecule has 1 heterocycles. The monoisotopic (exact) mass is 267 g/mol. The molecule has 0 spiro atoms. The number of nitrogens with zero attached hydrogens (tertiary/aromatic N) is 2. The molecule has 76 valence electrons. The number of anilines is 1. The van der Waals surface area contributed by atoms with E-state index in [1.807, 2.05) is 0 Å². The fourth-order valence-corrected chi connectivity index (χ4v) is 1.48. The third kappa shape index (κ3) is 1.97. The smallest absolute Gasteiger partial charge is 0.160 e. The molecule has 0 bridgehead atoms. The third-order valence-corrected chi connectivity index (χ3v) is 2.56. The topological polar surface area (TPSA) is 51.8 Å². The van der Waals surface area contributed by atoms with Crippen LogP contribution < -0.4 is 5.73 Å². The zero-order chi connectivity index (χ0) is 10.8. The van der Waals surface area contributed by atoms with Crippen molar-refractivity contribution in [1.29, 1.82) is 0 Å². The van der Waals surface area contributed by atoms with Gasteiger partial charge in [0.05, 0.1) is 10.2 Å². The van der Waals surface area contributed by atoms with Crippen LogP contribution in [0.2, 0.25) is 0 Å². The maximum Gasteiger partial charge on any atom is 0.160 e. The third-order valence-electron chi connectivity index (χ3n) is 1.92. The van der Waals surface area contributed by atoms with Gasteiger partial charge in [-0.15, -0.1) is 10.2 Å². The molecule has 0 aliphatic heterocycles. The van der Waals surface area contributed by atoms with Gasteiger partial charge in [0.1, 0.15) is 5.82 Å². The second kappa shape index (κ2) is 3.94. The summed E-state index contributed by atoms with van der Waals surface area (Å²) in [5.41, 5.74) is 6.35. The molecule has 2 rings (SSSR count). The molecule has 0 atom stereocenters. The van der Waals surface area contributed by atoms with Gasteiger partial charge in [-0.05, 0) is 34.1 Å². The number of nitrogen functional groups attached to an aromatic ring is 1. The van der Waals surface area contributed by atoms with Crippen LogP contribution in [0.25, 0.3) is 11.3 Å². The lowest BCUT2D eigenvalue weighted by molar-refractivity contribution is 0.630. The molecule has 0 unspecified atom stereocenters. The molecule has 0 amide bonds. The van der Waals surface area contributed by atoms with Crippen molar-refractivity contribution in [2.75, 3.05) is 5.73 Å². The van der Waals surface area contributed by atoms with Crippen molar-refractivity contribution in [2.24, 2.45) is 0 Å². The highest BCUT2D eigenvalue weighted by Gasteiger charge is 2.07. The lowest BCUT2D eigenvalue weighted by Gasteiger charge is -2.02. The molecule has 15 heavy (non-hydrogen) atoms. The summed E-state index contributed by atoms with van der Waals surface area (Å²) in [7, 11) is 0. The normalized spacial score (nSPS) is 10.3. The van der Waals surface area contributed by atoms with Gasteiger partial charge in [0.15, 0.2) is 5.82 Å². The summed E-state index contributed by atoms with van der Waals surface area (Å²) in [6, 6.07) is 8.02. The van der Waals surface area contributed by atoms with Gasteiger partial charge < -0.3 is 5.73 Å². The van der Waals surface area contributed by atoms with Crippen molar-refractivity contribution in [3.63, 3.8) is 0 Å². The summed E-state index contributed by atoms with van der Waals surface area (Å²) in [6.45, 7) is 0. The van der Waals surface area contributed by atoms with Gasteiger partial charge >= 0.3 is 0 Å². The Morgan fingerprint density at radius 2 is 1.93 bits per heavy atom. The first-order chi connectivity index (χ1) is 7.18. The van der Waals surface area contributed by atoms with E-state index in [1.165, 1.54) is 6.07 Å². The zero-order valence-corrected chi connectivity index (χ0v) is 9.20. The van der Waals surface area contributed by atoms with Crippen LogP contribution in [0.15, 0.2) is 34.8 Å². The van der Waals surface area contributed by atoms with Crippen LogP contribution in [-0.4, -0.2) is 10.2 Å². The SMILES string of the molecule is Nc1nnc(-c2ccccc2F)cc1Br. The van der Waals surface area contributed by atoms with E-state index in [4.69, 9.17) is 5.73 Å². The lowest BCUT2D eigenvalue weighted by Crippen LogP contribution is -1.96. The maximum atomic E-state index is 13.4. The first-order valence-corrected chi connectivity index (χ1v) is 5.01. The molecule has 5 heteroatoms. The summed E-state index contributed by atoms with van der Waals surface area (Å²) >= 11 is 3.22. The Bertz CT molecular complexity index is 502. The Hall–Kier alpha value is -1.49. The average molecular weight is 268 g/mol. The van der Waals surface area contributed by atoms with E-state index in [9.17, 15) is 4.39 Å². The largest absolute Gasteiger partial charge is 0.381 e. The molecule has 0 radical (unpaired) electrons. The molecule has 2 N–H and O–H groups in total. The summed E-state index contributed by atoms with van der Waals surface area (Å²) in [4.78, 5) is 0. The predicted octanol–water partition coefficient (Wildman–Crippen LogP) is 2.63. The van der Waals surface area contributed by atoms with Crippen molar-refractivity contribution in [3.05, 3.63) is 40.6 Å². The van der Waals surface area contributed by atoms with Crippen LogP contribution in [0.5, 0.6) is 0 Å². The van der Waals surface area contributed by atoms with E-state index in [2.05, 4.69) is 26.1 Å². The Labute approximate surface area is 94.3 Å². The van der Waals surface area contributed by atoms with E-state index in [1.54, 1.807) is 24.3 Å². The average Bonchev–Trinajstić information content (AvgIpc) is 2.23. The number of halogens is 2. The molecule has 0 saturated carbocycles. The van der Waals surface area contributed by atoms with Gasteiger partial charge in [0.2, 0.25) is 0 Å². The van der Waals surface area contributed by atoms with E-state index in [-0.39, 0.29) is 11.6 Å². The van der Waals surface area contributed by atoms with E-state index in [0.717, 1.165) is 0 Å². The quantitative estimate of drug-likeness (QED) is 0.864. The number of rotatable bonds is 1. The first-order valence-electron chi connectivity index (χ1n) is 4.22. The second-order valence-corrected chi connectivity index (χ2v) is 3.80. The molecule has 0 aliphatic carbocycles. The fourth-order valence-electron chi connectivity index (χ4n) is 1.18. The number of hydrogen-bond donors (Lipinski definition) is 1. The van der Waals surface area contributed by atoms with Gasteiger partial charge in [0.25, 0.3) is 0 Å². The highest BCUT2D eigenvalue weighted by atomic mass is 79.9. The number of aromatic nitrogens is 2. The Balaban J connectivity index is 2.55. The van der Waals surface area contributed by atoms with Crippen LogP contribution in [0.4, 0.5) is 10.2 Å². The number of benzene rings is 1. The van der Waals surface area contributed by atoms with Crippen LogP contribution in [0.1, 0.15) is 0 Å². The number of nitrogens with two attached hydrogens (primary N) is 1. The predicted molar refractivity (Wildman–Crippen MR) is 59.5 cm³/mol. The second-order valence-electron chi connectivity index (χ2n) is 2.94. The Morgan fingerprint density at radius 1 is 1.20 bits per heavy atom. The molecular formula is C10H7BrFN3. The molecule has 0 aliphatic rings. The minimum absolute atomic E-state index is 0.287. The van der Waals surface area contributed by atoms with E-state index >= 15 is 0 Å². The standard InChI is InChI=1S/C10H7BrFN3/c11-7-5-9(14-15-10(7)13)6-3-1-2-4-8(6)12/h1-5H,(H2,13,15). The molecule has 0 fully saturated rings. The molecular weight excluding hydrogens is 261 g/mol. The Kier molecular flexibility index (Phi) is 2.64. The van der Waals surface area contributed by atoms with Crippen molar-refractivity contribution in [2.45, 2.75) is 0 Å².